The van der Waals surface area contributed by atoms with E-state index in [4.69, 9.17) is 11.6 Å². The van der Waals surface area contributed by atoms with E-state index >= 15 is 0 Å². The maximum atomic E-state index is 6.91. The number of alkyl halides is 1. The van der Waals surface area contributed by atoms with Gasteiger partial charge in [-0.2, -0.15) is 0 Å². The van der Waals surface area contributed by atoms with Crippen molar-refractivity contribution in [1.29, 1.82) is 0 Å². The Morgan fingerprint density at radius 2 is 1.47 bits per heavy atom. The Morgan fingerprint density at radius 1 is 0.941 bits per heavy atom. The van der Waals surface area contributed by atoms with Gasteiger partial charge in [0.15, 0.2) is 0 Å². The van der Waals surface area contributed by atoms with Crippen LogP contribution in [0.15, 0.2) is 25.3 Å². The molecule has 0 N–H and O–H groups in total. The minimum atomic E-state index is 0.103. The maximum Gasteiger partial charge on any atom is 0.0460 e. The smallest absolute Gasteiger partial charge is 0.0460 e. The minimum absolute atomic E-state index is 0.103. The first-order chi connectivity index (χ1) is 8.03. The average Bonchev–Trinajstić information content (AvgIpc) is 2.12. The summed E-state index contributed by atoms with van der Waals surface area (Å²) >= 11 is 6.91. The van der Waals surface area contributed by atoms with Gasteiger partial charge in [0.1, 0.15) is 0 Å². The number of hydrogen-bond donors (Lipinski definition) is 0. The van der Waals surface area contributed by atoms with Crippen molar-refractivity contribution in [1.82, 2.24) is 0 Å². The topological polar surface area (TPSA) is 0 Å². The third-order valence-electron chi connectivity index (χ3n) is 5.39. The van der Waals surface area contributed by atoms with Crippen LogP contribution in [0.5, 0.6) is 0 Å². The molecule has 1 heteroatoms. The van der Waals surface area contributed by atoms with Crippen molar-refractivity contribution >= 4 is 11.6 Å². The highest BCUT2D eigenvalue weighted by Gasteiger charge is 2.61. The van der Waals surface area contributed by atoms with E-state index in [1.54, 1.807) is 0 Å². The van der Waals surface area contributed by atoms with Gasteiger partial charge in [0.05, 0.1) is 0 Å². The molecule has 0 aromatic carbocycles. The van der Waals surface area contributed by atoms with E-state index in [1.165, 1.54) is 38.5 Å². The Kier molecular flexibility index (Phi) is 2.53. The van der Waals surface area contributed by atoms with Crippen molar-refractivity contribution in [2.45, 2.75) is 56.2 Å². The lowest BCUT2D eigenvalue weighted by atomic mass is 9.42. The number of rotatable bonds is 4. The second-order valence-corrected chi connectivity index (χ2v) is 7.95. The van der Waals surface area contributed by atoms with Gasteiger partial charge in [-0.3, -0.25) is 0 Å². The van der Waals surface area contributed by atoms with Crippen LogP contribution in [0.4, 0.5) is 0 Å². The van der Waals surface area contributed by atoms with Gasteiger partial charge in [-0.15, -0.1) is 24.8 Å². The van der Waals surface area contributed by atoms with E-state index in [9.17, 15) is 0 Å². The van der Waals surface area contributed by atoms with E-state index in [-0.39, 0.29) is 4.87 Å². The van der Waals surface area contributed by atoms with Gasteiger partial charge in [-0.1, -0.05) is 12.2 Å². The predicted molar refractivity (Wildman–Crippen MR) is 74.3 cm³/mol. The summed E-state index contributed by atoms with van der Waals surface area (Å²) in [6.07, 6.45) is 14.4. The van der Waals surface area contributed by atoms with Crippen LogP contribution in [0.2, 0.25) is 0 Å². The van der Waals surface area contributed by atoms with Gasteiger partial charge in [-0.25, -0.2) is 0 Å². The molecule has 4 rings (SSSR count). The summed E-state index contributed by atoms with van der Waals surface area (Å²) in [7, 11) is 0. The molecule has 0 saturated heterocycles. The van der Waals surface area contributed by atoms with E-state index in [2.05, 4.69) is 25.3 Å². The Bertz CT molecular complexity index is 331. The Hall–Kier alpha value is -0.230. The van der Waals surface area contributed by atoms with E-state index in [0.717, 1.165) is 18.8 Å². The summed E-state index contributed by atoms with van der Waals surface area (Å²) in [5.41, 5.74) is 0.956. The molecular weight excluding hydrogens is 228 g/mol. The molecule has 0 radical (unpaired) electrons. The Morgan fingerprint density at radius 3 is 1.88 bits per heavy atom. The third-order valence-corrected chi connectivity index (χ3v) is 5.81. The average molecular weight is 251 g/mol. The van der Waals surface area contributed by atoms with Gasteiger partial charge < -0.3 is 0 Å². The predicted octanol–water partition coefficient (Wildman–Crippen LogP) is 5.09. The molecule has 0 spiro atoms. The summed E-state index contributed by atoms with van der Waals surface area (Å²) in [5, 5.41) is 0. The van der Waals surface area contributed by atoms with Gasteiger partial charge in [0, 0.05) is 4.87 Å². The van der Waals surface area contributed by atoms with Crippen LogP contribution in [-0.4, -0.2) is 4.87 Å². The molecule has 4 saturated carbocycles. The number of halogens is 1. The zero-order valence-corrected chi connectivity index (χ0v) is 11.4. The molecule has 0 amide bonds. The van der Waals surface area contributed by atoms with E-state index in [1.807, 2.05) is 0 Å². The zero-order chi connectivity index (χ0) is 12.1. The quantitative estimate of drug-likeness (QED) is 0.482. The molecule has 4 bridgehead atoms. The lowest BCUT2D eigenvalue weighted by molar-refractivity contribution is -0.0959. The highest BCUT2D eigenvalue weighted by Crippen LogP contribution is 2.70. The van der Waals surface area contributed by atoms with Crippen LogP contribution in [0, 0.1) is 16.7 Å². The van der Waals surface area contributed by atoms with Crippen molar-refractivity contribution in [3.05, 3.63) is 25.3 Å². The molecule has 4 aliphatic rings. The standard InChI is InChI=1S/C16H23Cl/c1-3-5-14-7-13-8-15(10-14,6-4-2)12-16(17,9-13)11-14/h3-4,13H,1-2,5-12H2. The van der Waals surface area contributed by atoms with E-state index in [0.29, 0.717) is 10.8 Å². The second-order valence-electron chi connectivity index (χ2n) is 7.15. The molecule has 0 aliphatic heterocycles. The summed E-state index contributed by atoms with van der Waals surface area (Å²) in [6, 6.07) is 0. The molecule has 94 valence electrons. The summed E-state index contributed by atoms with van der Waals surface area (Å²) < 4.78 is 0. The summed E-state index contributed by atoms with van der Waals surface area (Å²) in [4.78, 5) is 0.103. The lowest BCUT2D eigenvalue weighted by Gasteiger charge is -2.65. The van der Waals surface area contributed by atoms with Gasteiger partial charge in [-0.05, 0) is 68.1 Å². The molecule has 4 aliphatic carbocycles. The molecular formula is C16H23Cl. The molecule has 0 nitrogen and oxygen atoms in total. The molecule has 0 aromatic rings. The fourth-order valence-corrected chi connectivity index (χ4v) is 6.57. The summed E-state index contributed by atoms with van der Waals surface area (Å²) in [6.45, 7) is 7.93. The van der Waals surface area contributed by atoms with Crippen LogP contribution in [0.25, 0.3) is 0 Å². The third kappa shape index (κ3) is 1.80. The SMILES string of the molecule is C=CCC12CC3CC(Cl)(C1)CC(CC=C)(C3)C2. The molecule has 2 unspecified atom stereocenters. The van der Waals surface area contributed by atoms with Crippen LogP contribution in [0.1, 0.15) is 51.4 Å². The van der Waals surface area contributed by atoms with Gasteiger partial charge >= 0.3 is 0 Å². The highest BCUT2D eigenvalue weighted by molar-refractivity contribution is 6.24. The van der Waals surface area contributed by atoms with Crippen molar-refractivity contribution in [2.75, 3.05) is 0 Å². The second kappa shape index (κ2) is 3.63. The fraction of sp³-hybridized carbons (Fsp3) is 0.750. The van der Waals surface area contributed by atoms with Crippen LogP contribution >= 0.6 is 11.6 Å². The first-order valence-corrected chi connectivity index (χ1v) is 7.31. The van der Waals surface area contributed by atoms with Crippen molar-refractivity contribution in [3.63, 3.8) is 0 Å². The van der Waals surface area contributed by atoms with Crippen LogP contribution in [-0.2, 0) is 0 Å². The maximum absolute atomic E-state index is 6.91. The molecule has 2 atom stereocenters. The largest absolute Gasteiger partial charge is 0.119 e. The lowest BCUT2D eigenvalue weighted by Crippen LogP contribution is -2.57. The first-order valence-electron chi connectivity index (χ1n) is 6.94. The molecule has 0 heterocycles. The Balaban J connectivity index is 1.96. The molecule has 4 fully saturated rings. The normalized spacial score (nSPS) is 51.5. The van der Waals surface area contributed by atoms with Gasteiger partial charge in [0.2, 0.25) is 0 Å². The minimum Gasteiger partial charge on any atom is -0.119 e. The van der Waals surface area contributed by atoms with Crippen molar-refractivity contribution in [3.8, 4) is 0 Å². The highest BCUT2D eigenvalue weighted by atomic mass is 35.5. The first kappa shape index (κ1) is 11.8. The van der Waals surface area contributed by atoms with E-state index < -0.39 is 0 Å². The monoisotopic (exact) mass is 250 g/mol. The Labute approximate surface area is 110 Å². The van der Waals surface area contributed by atoms with Gasteiger partial charge in [0.25, 0.3) is 0 Å². The van der Waals surface area contributed by atoms with Crippen LogP contribution in [0.3, 0.4) is 0 Å². The summed E-state index contributed by atoms with van der Waals surface area (Å²) in [5.74, 6) is 0.864. The molecule has 17 heavy (non-hydrogen) atoms. The van der Waals surface area contributed by atoms with Crippen LogP contribution < -0.4 is 0 Å². The number of allylic oxidation sites excluding steroid dienone is 2. The van der Waals surface area contributed by atoms with Crippen molar-refractivity contribution < 1.29 is 0 Å². The zero-order valence-electron chi connectivity index (χ0n) is 10.7. The fourth-order valence-electron chi connectivity index (χ4n) is 5.79. The number of hydrogen-bond acceptors (Lipinski definition) is 0. The van der Waals surface area contributed by atoms with Crippen molar-refractivity contribution in [2.24, 2.45) is 16.7 Å². The molecule has 0 aromatic heterocycles.